The molecule has 1 aromatic carbocycles. The maximum Gasteiger partial charge on any atom is 0.254 e. The van der Waals surface area contributed by atoms with Crippen LogP contribution in [0.3, 0.4) is 0 Å². The Morgan fingerprint density at radius 1 is 1.40 bits per heavy atom. The van der Waals surface area contributed by atoms with Crippen molar-refractivity contribution in [1.29, 1.82) is 0 Å². The van der Waals surface area contributed by atoms with Crippen LogP contribution in [0.25, 0.3) is 0 Å². The lowest BCUT2D eigenvalue weighted by molar-refractivity contribution is -0.130. The van der Waals surface area contributed by atoms with Crippen molar-refractivity contribution in [2.75, 3.05) is 40.0 Å². The molecule has 0 spiro atoms. The summed E-state index contributed by atoms with van der Waals surface area (Å²) in [5.74, 6) is -0.264. The minimum absolute atomic E-state index is 0.0406. The van der Waals surface area contributed by atoms with Crippen molar-refractivity contribution in [3.8, 4) is 0 Å². The highest BCUT2D eigenvalue weighted by Gasteiger charge is 2.45. The second-order valence-corrected chi connectivity index (χ2v) is 6.91. The summed E-state index contributed by atoms with van der Waals surface area (Å²) in [5.41, 5.74) is 0.530. The minimum Gasteiger partial charge on any atom is -0.383 e. The van der Waals surface area contributed by atoms with Gasteiger partial charge >= 0.3 is 0 Å². The van der Waals surface area contributed by atoms with E-state index in [-0.39, 0.29) is 29.8 Å². The number of halogens is 1. The Balaban J connectivity index is 1.73. The standard InChI is InChI=1S/C18H23ClN2O4/c1-24-8-6-20-17(22)15-10-21(11-16-14(15)5-7-25-16)18(23)12-3-2-4-13(19)9-12/h2-4,9,14-16H,5-8,10-11H2,1H3,(H,20,22)/t14-,15-,16+/m0/s1. The first kappa shape index (κ1) is 18.2. The Hall–Kier alpha value is -1.63. The van der Waals surface area contributed by atoms with Gasteiger partial charge in [0.2, 0.25) is 5.91 Å². The third-order valence-electron chi connectivity index (χ3n) is 4.90. The molecule has 3 rings (SSSR count). The summed E-state index contributed by atoms with van der Waals surface area (Å²) in [5, 5.41) is 3.42. The van der Waals surface area contributed by atoms with Crippen LogP contribution in [0, 0.1) is 11.8 Å². The van der Waals surface area contributed by atoms with E-state index >= 15 is 0 Å². The van der Waals surface area contributed by atoms with Crippen molar-refractivity contribution in [2.24, 2.45) is 11.8 Å². The van der Waals surface area contributed by atoms with Gasteiger partial charge in [0.15, 0.2) is 0 Å². The maximum atomic E-state index is 12.8. The maximum absolute atomic E-state index is 12.8. The summed E-state index contributed by atoms with van der Waals surface area (Å²) in [6, 6.07) is 6.88. The normalized spacial score (nSPS) is 25.5. The van der Waals surface area contributed by atoms with E-state index in [4.69, 9.17) is 21.1 Å². The highest BCUT2D eigenvalue weighted by molar-refractivity contribution is 6.30. The van der Waals surface area contributed by atoms with E-state index in [1.807, 2.05) is 0 Å². The number of nitrogens with zero attached hydrogens (tertiary/aromatic N) is 1. The van der Waals surface area contributed by atoms with E-state index in [2.05, 4.69) is 5.32 Å². The van der Waals surface area contributed by atoms with Crippen LogP contribution in [-0.4, -0.2) is 62.8 Å². The Kier molecular flexibility index (Phi) is 5.93. The average molecular weight is 367 g/mol. The molecule has 0 aliphatic carbocycles. The molecule has 0 saturated carbocycles. The van der Waals surface area contributed by atoms with Gasteiger partial charge in [-0.1, -0.05) is 17.7 Å². The molecule has 2 amide bonds. The molecule has 2 aliphatic heterocycles. The van der Waals surface area contributed by atoms with E-state index in [0.29, 0.717) is 43.4 Å². The van der Waals surface area contributed by atoms with Crippen LogP contribution in [0.15, 0.2) is 24.3 Å². The van der Waals surface area contributed by atoms with Gasteiger partial charge in [-0.15, -0.1) is 0 Å². The zero-order valence-corrected chi connectivity index (χ0v) is 15.0. The molecular formula is C18H23ClN2O4. The molecule has 0 radical (unpaired) electrons. The van der Waals surface area contributed by atoms with Gasteiger partial charge in [0.25, 0.3) is 5.91 Å². The van der Waals surface area contributed by atoms with Crippen LogP contribution in [0.4, 0.5) is 0 Å². The predicted molar refractivity (Wildman–Crippen MR) is 93.6 cm³/mol. The number of fused-ring (bicyclic) bond motifs is 1. The summed E-state index contributed by atoms with van der Waals surface area (Å²) in [6.45, 7) is 2.48. The van der Waals surface area contributed by atoms with Gasteiger partial charge in [-0.2, -0.15) is 0 Å². The van der Waals surface area contributed by atoms with Crippen molar-refractivity contribution in [2.45, 2.75) is 12.5 Å². The number of piperidine rings is 1. The van der Waals surface area contributed by atoms with Crippen molar-refractivity contribution in [3.63, 3.8) is 0 Å². The molecule has 2 saturated heterocycles. The number of nitrogens with one attached hydrogen (secondary N) is 1. The molecule has 3 atom stereocenters. The van der Waals surface area contributed by atoms with Crippen LogP contribution in [-0.2, 0) is 14.3 Å². The van der Waals surface area contributed by atoms with E-state index in [1.165, 1.54) is 0 Å². The molecule has 7 heteroatoms. The van der Waals surface area contributed by atoms with Gasteiger partial charge in [0.05, 0.1) is 18.6 Å². The molecule has 0 bridgehead atoms. The Bertz CT molecular complexity index is 639. The monoisotopic (exact) mass is 366 g/mol. The van der Waals surface area contributed by atoms with Crippen molar-refractivity contribution in [1.82, 2.24) is 10.2 Å². The van der Waals surface area contributed by atoms with E-state index < -0.39 is 0 Å². The third kappa shape index (κ3) is 4.14. The average Bonchev–Trinajstić information content (AvgIpc) is 3.09. The molecule has 2 heterocycles. The van der Waals surface area contributed by atoms with Gasteiger partial charge in [-0.3, -0.25) is 9.59 Å². The van der Waals surface area contributed by atoms with Crippen LogP contribution < -0.4 is 5.32 Å². The van der Waals surface area contributed by atoms with Crippen LogP contribution >= 0.6 is 11.6 Å². The number of carbonyl (C=O) groups excluding carboxylic acids is 2. The summed E-state index contributed by atoms with van der Waals surface area (Å²) in [4.78, 5) is 27.1. The first-order valence-electron chi connectivity index (χ1n) is 8.53. The van der Waals surface area contributed by atoms with Gasteiger partial charge in [-0.05, 0) is 24.6 Å². The second-order valence-electron chi connectivity index (χ2n) is 6.47. The van der Waals surface area contributed by atoms with E-state index in [9.17, 15) is 9.59 Å². The number of hydrogen-bond acceptors (Lipinski definition) is 4. The number of ether oxygens (including phenoxy) is 2. The smallest absolute Gasteiger partial charge is 0.254 e. The van der Waals surface area contributed by atoms with Crippen LogP contribution in [0.2, 0.25) is 5.02 Å². The summed E-state index contributed by atoms with van der Waals surface area (Å²) in [6.07, 6.45) is 0.765. The molecule has 2 aliphatic rings. The van der Waals surface area contributed by atoms with Gasteiger partial charge in [-0.25, -0.2) is 0 Å². The number of rotatable bonds is 5. The molecule has 0 unspecified atom stereocenters. The highest BCUT2D eigenvalue weighted by atomic mass is 35.5. The lowest BCUT2D eigenvalue weighted by Gasteiger charge is -2.39. The minimum atomic E-state index is -0.263. The van der Waals surface area contributed by atoms with Crippen LogP contribution in [0.5, 0.6) is 0 Å². The largest absolute Gasteiger partial charge is 0.383 e. The predicted octanol–water partition coefficient (Wildman–Crippen LogP) is 1.58. The fourth-order valence-corrected chi connectivity index (χ4v) is 3.82. The van der Waals surface area contributed by atoms with Crippen molar-refractivity contribution < 1.29 is 19.1 Å². The number of hydrogen-bond donors (Lipinski definition) is 1. The van der Waals surface area contributed by atoms with Gasteiger partial charge in [0.1, 0.15) is 0 Å². The van der Waals surface area contributed by atoms with Crippen molar-refractivity contribution >= 4 is 23.4 Å². The Morgan fingerprint density at radius 3 is 3.00 bits per heavy atom. The first-order valence-corrected chi connectivity index (χ1v) is 8.91. The molecule has 6 nitrogen and oxygen atoms in total. The molecule has 1 aromatic rings. The SMILES string of the molecule is COCCNC(=O)[C@H]1CN(C(=O)c2cccc(Cl)c2)C[C@H]2OCC[C@@H]12. The topological polar surface area (TPSA) is 67.9 Å². The molecule has 136 valence electrons. The third-order valence-corrected chi connectivity index (χ3v) is 5.13. The van der Waals surface area contributed by atoms with Gasteiger partial charge < -0.3 is 19.7 Å². The molecule has 2 fully saturated rings. The molecule has 1 N–H and O–H groups in total. The summed E-state index contributed by atoms with van der Waals surface area (Å²) >= 11 is 6.00. The number of carbonyl (C=O) groups is 2. The van der Waals surface area contributed by atoms with E-state index in [0.717, 1.165) is 6.42 Å². The summed E-state index contributed by atoms with van der Waals surface area (Å²) < 4.78 is 10.8. The Labute approximate surface area is 152 Å². The first-order chi connectivity index (χ1) is 12.1. The fraction of sp³-hybridized carbons (Fsp3) is 0.556. The quantitative estimate of drug-likeness (QED) is 0.803. The lowest BCUT2D eigenvalue weighted by atomic mass is 9.82. The zero-order chi connectivity index (χ0) is 17.8. The van der Waals surface area contributed by atoms with Crippen molar-refractivity contribution in [3.05, 3.63) is 34.9 Å². The number of methoxy groups -OCH3 is 1. The number of amides is 2. The Morgan fingerprint density at radius 2 is 2.24 bits per heavy atom. The lowest BCUT2D eigenvalue weighted by Crippen LogP contribution is -2.54. The fourth-order valence-electron chi connectivity index (χ4n) is 3.63. The second kappa shape index (κ2) is 8.17. The number of benzene rings is 1. The highest BCUT2D eigenvalue weighted by Crippen LogP contribution is 2.34. The zero-order valence-electron chi connectivity index (χ0n) is 14.2. The number of likely N-dealkylation sites (tertiary alicyclic amines) is 1. The van der Waals surface area contributed by atoms with Crippen LogP contribution in [0.1, 0.15) is 16.8 Å². The van der Waals surface area contributed by atoms with Gasteiger partial charge in [0, 0.05) is 49.9 Å². The molecule has 25 heavy (non-hydrogen) atoms. The summed E-state index contributed by atoms with van der Waals surface area (Å²) in [7, 11) is 1.60. The molecule has 0 aromatic heterocycles. The van der Waals surface area contributed by atoms with E-state index in [1.54, 1.807) is 36.3 Å². The molecular weight excluding hydrogens is 344 g/mol.